The average molecular weight is 238 g/mol. The molecule has 18 heavy (non-hydrogen) atoms. The first-order valence-corrected chi connectivity index (χ1v) is 6.12. The molecule has 2 heterocycles. The Balaban J connectivity index is 2.22. The molecule has 0 radical (unpaired) electrons. The van der Waals surface area contributed by atoms with E-state index in [1.54, 1.807) is 6.33 Å². The van der Waals surface area contributed by atoms with E-state index in [9.17, 15) is 0 Å². The minimum absolute atomic E-state index is 0.890. The van der Waals surface area contributed by atoms with Crippen LogP contribution in [0.2, 0.25) is 0 Å². The van der Waals surface area contributed by atoms with E-state index < -0.39 is 0 Å². The van der Waals surface area contributed by atoms with Crippen molar-refractivity contribution in [3.05, 3.63) is 42.9 Å². The van der Waals surface area contributed by atoms with Crippen LogP contribution in [0.3, 0.4) is 0 Å². The first kappa shape index (κ1) is 10.9. The van der Waals surface area contributed by atoms with E-state index in [4.69, 9.17) is 0 Å². The van der Waals surface area contributed by atoms with Crippen LogP contribution in [-0.2, 0) is 6.54 Å². The maximum Gasteiger partial charge on any atom is 0.165 e. The van der Waals surface area contributed by atoms with Crippen LogP contribution in [0.1, 0.15) is 13.3 Å². The first-order chi connectivity index (χ1) is 8.90. The summed E-state index contributed by atoms with van der Waals surface area (Å²) in [5.41, 5.74) is 2.02. The lowest BCUT2D eigenvalue weighted by Gasteiger charge is -2.07. The summed E-state index contributed by atoms with van der Waals surface area (Å²) in [6.45, 7) is 3.07. The molecule has 0 aliphatic rings. The summed E-state index contributed by atoms with van der Waals surface area (Å²) < 4.78 is 2.07. The van der Waals surface area contributed by atoms with Crippen LogP contribution < -0.4 is 0 Å². The molecular formula is C14H14N4. The second-order valence-corrected chi connectivity index (χ2v) is 4.23. The Labute approximate surface area is 105 Å². The molecule has 3 aromatic rings. The topological polar surface area (TPSA) is 43.6 Å². The molecule has 0 atom stereocenters. The largest absolute Gasteiger partial charge is 0.314 e. The van der Waals surface area contributed by atoms with E-state index in [0.717, 1.165) is 35.3 Å². The SMILES string of the molecule is CCCn1cnnc1-c1cccc2cccnc12. The monoisotopic (exact) mass is 238 g/mol. The van der Waals surface area contributed by atoms with Crippen LogP contribution in [0.5, 0.6) is 0 Å². The van der Waals surface area contributed by atoms with Crippen molar-refractivity contribution in [3.8, 4) is 11.4 Å². The van der Waals surface area contributed by atoms with E-state index >= 15 is 0 Å². The van der Waals surface area contributed by atoms with Gasteiger partial charge in [-0.1, -0.05) is 25.1 Å². The van der Waals surface area contributed by atoms with Gasteiger partial charge in [0.15, 0.2) is 5.82 Å². The van der Waals surface area contributed by atoms with E-state index in [1.807, 2.05) is 24.4 Å². The van der Waals surface area contributed by atoms with Crippen molar-refractivity contribution in [3.63, 3.8) is 0 Å². The Kier molecular flexibility index (Phi) is 2.76. The summed E-state index contributed by atoms with van der Waals surface area (Å²) in [6.07, 6.45) is 4.65. The molecule has 2 aromatic heterocycles. The highest BCUT2D eigenvalue weighted by molar-refractivity contribution is 5.91. The van der Waals surface area contributed by atoms with Crippen molar-refractivity contribution in [1.82, 2.24) is 19.7 Å². The molecule has 4 heteroatoms. The molecule has 90 valence electrons. The zero-order valence-corrected chi connectivity index (χ0v) is 10.2. The summed E-state index contributed by atoms with van der Waals surface area (Å²) in [4.78, 5) is 4.46. The lowest BCUT2D eigenvalue weighted by atomic mass is 10.1. The number of para-hydroxylation sites is 1. The predicted octanol–water partition coefficient (Wildman–Crippen LogP) is 2.90. The molecule has 4 nitrogen and oxygen atoms in total. The van der Waals surface area contributed by atoms with Crippen LogP contribution >= 0.6 is 0 Å². The second-order valence-electron chi connectivity index (χ2n) is 4.23. The Morgan fingerprint density at radius 3 is 2.94 bits per heavy atom. The third-order valence-corrected chi connectivity index (χ3v) is 2.95. The fourth-order valence-electron chi connectivity index (χ4n) is 2.15. The number of benzene rings is 1. The van der Waals surface area contributed by atoms with Crippen LogP contribution in [-0.4, -0.2) is 19.7 Å². The quantitative estimate of drug-likeness (QED) is 0.704. The second kappa shape index (κ2) is 4.56. The highest BCUT2D eigenvalue weighted by Gasteiger charge is 2.10. The molecule has 0 N–H and O–H groups in total. The summed E-state index contributed by atoms with van der Waals surface area (Å²) in [5.74, 6) is 0.890. The maximum absolute atomic E-state index is 4.46. The highest BCUT2D eigenvalue weighted by Crippen LogP contribution is 2.25. The van der Waals surface area contributed by atoms with Gasteiger partial charge in [0, 0.05) is 23.7 Å². The van der Waals surface area contributed by atoms with Crippen LogP contribution in [0.4, 0.5) is 0 Å². The lowest BCUT2D eigenvalue weighted by Crippen LogP contribution is -1.99. The number of fused-ring (bicyclic) bond motifs is 1. The third kappa shape index (κ3) is 1.76. The van der Waals surface area contributed by atoms with Gasteiger partial charge in [-0.15, -0.1) is 10.2 Å². The van der Waals surface area contributed by atoms with Gasteiger partial charge < -0.3 is 4.57 Å². The fourth-order valence-corrected chi connectivity index (χ4v) is 2.15. The number of pyridine rings is 1. The van der Waals surface area contributed by atoms with Gasteiger partial charge in [0.1, 0.15) is 6.33 Å². The molecule has 0 bridgehead atoms. The van der Waals surface area contributed by atoms with Gasteiger partial charge in [0.2, 0.25) is 0 Å². The Hall–Kier alpha value is -2.23. The minimum Gasteiger partial charge on any atom is -0.314 e. The van der Waals surface area contributed by atoms with Crippen LogP contribution in [0.25, 0.3) is 22.3 Å². The van der Waals surface area contributed by atoms with Gasteiger partial charge in [-0.2, -0.15) is 0 Å². The van der Waals surface area contributed by atoms with Gasteiger partial charge in [0.05, 0.1) is 5.52 Å². The summed E-state index contributed by atoms with van der Waals surface area (Å²) in [7, 11) is 0. The van der Waals surface area contributed by atoms with Crippen molar-refractivity contribution in [1.29, 1.82) is 0 Å². The molecule has 0 aliphatic heterocycles. The Morgan fingerprint density at radius 1 is 1.17 bits per heavy atom. The third-order valence-electron chi connectivity index (χ3n) is 2.95. The van der Waals surface area contributed by atoms with Crippen molar-refractivity contribution >= 4 is 10.9 Å². The number of rotatable bonds is 3. The Bertz CT molecular complexity index is 667. The number of aryl methyl sites for hydroxylation is 1. The molecule has 0 amide bonds. The van der Waals surface area contributed by atoms with Gasteiger partial charge >= 0.3 is 0 Å². The molecule has 3 rings (SSSR count). The van der Waals surface area contributed by atoms with Gasteiger partial charge in [-0.05, 0) is 18.6 Å². The van der Waals surface area contributed by atoms with Crippen molar-refractivity contribution in [2.75, 3.05) is 0 Å². The molecular weight excluding hydrogens is 224 g/mol. The smallest absolute Gasteiger partial charge is 0.165 e. The standard InChI is InChI=1S/C14H14N4/c1-2-9-18-10-16-17-14(18)12-7-3-5-11-6-4-8-15-13(11)12/h3-8,10H,2,9H2,1H3. The highest BCUT2D eigenvalue weighted by atomic mass is 15.3. The first-order valence-electron chi connectivity index (χ1n) is 6.12. The van der Waals surface area contributed by atoms with Gasteiger partial charge in [-0.3, -0.25) is 4.98 Å². The summed E-state index contributed by atoms with van der Waals surface area (Å²) in [5, 5.41) is 9.36. The normalized spacial score (nSPS) is 10.9. The van der Waals surface area contributed by atoms with Crippen molar-refractivity contribution in [2.24, 2.45) is 0 Å². The number of aromatic nitrogens is 4. The molecule has 0 fully saturated rings. The van der Waals surface area contributed by atoms with E-state index in [2.05, 4.69) is 38.8 Å². The molecule has 0 spiro atoms. The van der Waals surface area contributed by atoms with Crippen molar-refractivity contribution < 1.29 is 0 Å². The molecule has 0 aliphatic carbocycles. The maximum atomic E-state index is 4.46. The van der Waals surface area contributed by atoms with Crippen molar-refractivity contribution in [2.45, 2.75) is 19.9 Å². The summed E-state index contributed by atoms with van der Waals surface area (Å²) in [6, 6.07) is 10.2. The predicted molar refractivity (Wildman–Crippen MR) is 71.1 cm³/mol. The van der Waals surface area contributed by atoms with Gasteiger partial charge in [0.25, 0.3) is 0 Å². The number of hydrogen-bond donors (Lipinski definition) is 0. The molecule has 0 saturated carbocycles. The zero-order valence-electron chi connectivity index (χ0n) is 10.2. The Morgan fingerprint density at radius 2 is 2.06 bits per heavy atom. The molecule has 0 unspecified atom stereocenters. The molecule has 1 aromatic carbocycles. The fraction of sp³-hybridized carbons (Fsp3) is 0.214. The lowest BCUT2D eigenvalue weighted by molar-refractivity contribution is 0.683. The number of nitrogens with zero attached hydrogens (tertiary/aromatic N) is 4. The van der Waals surface area contributed by atoms with Crippen LogP contribution in [0, 0.1) is 0 Å². The minimum atomic E-state index is 0.890. The van der Waals surface area contributed by atoms with Crippen LogP contribution in [0.15, 0.2) is 42.9 Å². The average Bonchev–Trinajstić information content (AvgIpc) is 2.87. The summed E-state index contributed by atoms with van der Waals surface area (Å²) >= 11 is 0. The molecule has 0 saturated heterocycles. The zero-order chi connectivity index (χ0) is 12.4. The van der Waals surface area contributed by atoms with E-state index in [1.165, 1.54) is 0 Å². The van der Waals surface area contributed by atoms with E-state index in [0.29, 0.717) is 0 Å². The number of hydrogen-bond acceptors (Lipinski definition) is 3. The van der Waals surface area contributed by atoms with Gasteiger partial charge in [-0.25, -0.2) is 0 Å². The van der Waals surface area contributed by atoms with E-state index in [-0.39, 0.29) is 0 Å².